The molecule has 0 aliphatic heterocycles. The number of amides is 1. The molecule has 1 N–H and O–H groups in total. The van der Waals surface area contributed by atoms with Gasteiger partial charge in [0, 0.05) is 23.7 Å². The van der Waals surface area contributed by atoms with E-state index in [1.165, 1.54) is 0 Å². The first-order valence-electron chi connectivity index (χ1n) is 12.4. The Balaban J connectivity index is 1.26. The molecule has 194 valence electrons. The molecule has 0 bridgehead atoms. The van der Waals surface area contributed by atoms with E-state index in [2.05, 4.69) is 20.4 Å². The molecule has 2 heterocycles. The molecular formula is C31H26N4O4. The van der Waals surface area contributed by atoms with Gasteiger partial charge in [-0.1, -0.05) is 70.9 Å². The number of hydrogen-bond acceptors (Lipinski definition) is 7. The fourth-order valence-corrected chi connectivity index (χ4v) is 4.05. The van der Waals surface area contributed by atoms with Gasteiger partial charge in [-0.3, -0.25) is 14.6 Å². The lowest BCUT2D eigenvalue weighted by Crippen LogP contribution is -2.38. The van der Waals surface area contributed by atoms with Crippen LogP contribution in [0, 0.1) is 13.8 Å². The van der Waals surface area contributed by atoms with Crippen LogP contribution in [0.25, 0.3) is 34.1 Å². The molecule has 1 amide bonds. The summed E-state index contributed by atoms with van der Waals surface area (Å²) in [5.74, 6) is 0.417. The third-order valence-electron chi connectivity index (χ3n) is 6.22. The van der Waals surface area contributed by atoms with Crippen molar-refractivity contribution >= 4 is 12.4 Å². The van der Waals surface area contributed by atoms with Crippen molar-refractivity contribution in [2.24, 2.45) is 0 Å². The molecule has 39 heavy (non-hydrogen) atoms. The maximum Gasteiger partial charge on any atom is 0.295 e. The van der Waals surface area contributed by atoms with Crippen LogP contribution >= 0.6 is 0 Å². The molecule has 0 aliphatic carbocycles. The molecule has 8 heteroatoms. The van der Waals surface area contributed by atoms with Crippen molar-refractivity contribution in [1.82, 2.24) is 20.4 Å². The highest BCUT2D eigenvalue weighted by atomic mass is 16.5. The second-order valence-electron chi connectivity index (χ2n) is 9.19. The second-order valence-corrected chi connectivity index (χ2v) is 9.19. The topological polar surface area (TPSA) is 107 Å². The Morgan fingerprint density at radius 3 is 2.31 bits per heavy atom. The monoisotopic (exact) mass is 518 g/mol. The van der Waals surface area contributed by atoms with Gasteiger partial charge in [-0.05, 0) is 60.9 Å². The second kappa shape index (κ2) is 11.5. The summed E-state index contributed by atoms with van der Waals surface area (Å²) in [6, 6.07) is 26.7. The highest BCUT2D eigenvalue weighted by molar-refractivity contribution is 5.95. The van der Waals surface area contributed by atoms with Crippen LogP contribution in [-0.2, 0) is 16.0 Å². The number of benzene rings is 3. The zero-order valence-corrected chi connectivity index (χ0v) is 21.5. The fraction of sp³-hybridized carbons (Fsp3) is 0.129. The number of aromatic nitrogens is 3. The molecule has 0 saturated carbocycles. The molecule has 0 spiro atoms. The Morgan fingerprint density at radius 1 is 0.923 bits per heavy atom. The molecular weight excluding hydrogens is 492 g/mol. The van der Waals surface area contributed by atoms with E-state index >= 15 is 0 Å². The van der Waals surface area contributed by atoms with Crippen LogP contribution in [-0.4, -0.2) is 33.7 Å². The molecule has 1 unspecified atom stereocenters. The number of rotatable bonds is 9. The van der Waals surface area contributed by atoms with Crippen molar-refractivity contribution in [2.75, 3.05) is 0 Å². The summed E-state index contributed by atoms with van der Waals surface area (Å²) in [6.07, 6.45) is 0.989. The van der Waals surface area contributed by atoms with Gasteiger partial charge in [0.15, 0.2) is 6.23 Å². The van der Waals surface area contributed by atoms with Crippen molar-refractivity contribution < 1.29 is 18.8 Å². The minimum absolute atomic E-state index is 0.232. The predicted octanol–water partition coefficient (Wildman–Crippen LogP) is 5.55. The lowest BCUT2D eigenvalue weighted by molar-refractivity contribution is -0.134. The number of pyridine rings is 1. The molecule has 0 radical (unpaired) electrons. The summed E-state index contributed by atoms with van der Waals surface area (Å²) in [7, 11) is 0. The van der Waals surface area contributed by atoms with Gasteiger partial charge in [-0.15, -0.1) is 0 Å². The highest BCUT2D eigenvalue weighted by Gasteiger charge is 2.17. The van der Waals surface area contributed by atoms with Gasteiger partial charge in [-0.2, -0.15) is 4.98 Å². The smallest absolute Gasteiger partial charge is 0.295 e. The van der Waals surface area contributed by atoms with Gasteiger partial charge in [0.2, 0.25) is 5.82 Å². The number of nitrogens with one attached hydrogen (secondary N) is 1. The van der Waals surface area contributed by atoms with E-state index in [0.717, 1.165) is 33.4 Å². The minimum Gasteiger partial charge on any atom is -0.444 e. The first kappa shape index (κ1) is 25.5. The highest BCUT2D eigenvalue weighted by Crippen LogP contribution is 2.23. The van der Waals surface area contributed by atoms with Gasteiger partial charge < -0.3 is 14.6 Å². The molecule has 2 aromatic heterocycles. The Bertz CT molecular complexity index is 1580. The summed E-state index contributed by atoms with van der Waals surface area (Å²) in [6.45, 7) is 4.35. The van der Waals surface area contributed by atoms with E-state index in [0.29, 0.717) is 29.4 Å². The summed E-state index contributed by atoms with van der Waals surface area (Å²) < 4.78 is 10.6. The van der Waals surface area contributed by atoms with Crippen LogP contribution in [0.5, 0.6) is 0 Å². The number of aryl methyl sites for hydroxylation is 2. The molecule has 8 nitrogen and oxygen atoms in total. The molecule has 0 saturated heterocycles. The summed E-state index contributed by atoms with van der Waals surface area (Å²) in [5.41, 5.74) is 6.80. The normalized spacial score (nSPS) is 11.5. The van der Waals surface area contributed by atoms with Gasteiger partial charge >= 0.3 is 0 Å². The first-order valence-corrected chi connectivity index (χ1v) is 12.4. The number of carbonyl (C=O) groups excluding carboxylic acids is 2. The molecule has 5 rings (SSSR count). The molecule has 5 aromatic rings. The maximum absolute atomic E-state index is 13.0. The van der Waals surface area contributed by atoms with Gasteiger partial charge in [-0.25, -0.2) is 0 Å². The summed E-state index contributed by atoms with van der Waals surface area (Å²) >= 11 is 0. The average Bonchev–Trinajstić information content (AvgIpc) is 3.45. The Morgan fingerprint density at radius 2 is 1.64 bits per heavy atom. The number of carbonyl (C=O) groups is 2. The third-order valence-corrected chi connectivity index (χ3v) is 6.22. The molecule has 0 aliphatic rings. The third kappa shape index (κ3) is 6.24. The van der Waals surface area contributed by atoms with E-state index < -0.39 is 6.23 Å². The Kier molecular flexibility index (Phi) is 7.54. The van der Waals surface area contributed by atoms with Gasteiger partial charge in [0.05, 0.1) is 0 Å². The first-order chi connectivity index (χ1) is 19.0. The Labute approximate surface area is 225 Å². The fourth-order valence-electron chi connectivity index (χ4n) is 4.05. The van der Waals surface area contributed by atoms with Crippen molar-refractivity contribution in [2.45, 2.75) is 26.5 Å². The van der Waals surface area contributed by atoms with E-state index in [1.54, 1.807) is 18.3 Å². The van der Waals surface area contributed by atoms with Crippen molar-refractivity contribution in [3.63, 3.8) is 0 Å². The lowest BCUT2D eigenvalue weighted by Gasteiger charge is -2.17. The summed E-state index contributed by atoms with van der Waals surface area (Å²) in [4.78, 5) is 33.0. The van der Waals surface area contributed by atoms with Gasteiger partial charge in [0.25, 0.3) is 18.3 Å². The predicted molar refractivity (Wildman–Crippen MR) is 146 cm³/mol. The van der Waals surface area contributed by atoms with E-state index in [9.17, 15) is 9.59 Å². The van der Waals surface area contributed by atoms with Crippen LogP contribution in [0.15, 0.2) is 95.6 Å². The standard InChI is InChI=1S/C31H26N4O4/c1-20-6-11-23(12-7-20)25-4-3-5-26(17-25)30(37)33-28(38-19-36)16-22-10-15-27(32-18-22)29-34-31(39-35-29)24-13-8-21(2)9-14-24/h3-15,17-19,28H,16H2,1-2H3,(H,33,37). The SMILES string of the molecule is Cc1ccc(-c2cccc(C(=O)NC(Cc3ccc(-c4noc(-c5ccc(C)cc5)n4)nc3)OC=O)c2)cc1. The van der Waals surface area contributed by atoms with Crippen molar-refractivity contribution in [3.8, 4) is 34.1 Å². The van der Waals surface area contributed by atoms with Crippen molar-refractivity contribution in [3.05, 3.63) is 113 Å². The van der Waals surface area contributed by atoms with Crippen LogP contribution in [0.2, 0.25) is 0 Å². The average molecular weight is 519 g/mol. The summed E-state index contributed by atoms with van der Waals surface area (Å²) in [5, 5.41) is 6.82. The minimum atomic E-state index is -0.871. The number of nitrogens with zero attached hydrogens (tertiary/aromatic N) is 3. The number of hydrogen-bond donors (Lipinski definition) is 1. The lowest BCUT2D eigenvalue weighted by atomic mass is 10.0. The van der Waals surface area contributed by atoms with Crippen LogP contribution in [0.1, 0.15) is 27.0 Å². The van der Waals surface area contributed by atoms with Gasteiger partial charge in [0.1, 0.15) is 5.69 Å². The van der Waals surface area contributed by atoms with Crippen LogP contribution < -0.4 is 5.32 Å². The molecule has 0 fully saturated rings. The zero-order valence-electron chi connectivity index (χ0n) is 21.5. The Hall–Kier alpha value is -5.11. The van der Waals surface area contributed by atoms with E-state index in [-0.39, 0.29) is 12.3 Å². The van der Waals surface area contributed by atoms with Crippen LogP contribution in [0.4, 0.5) is 0 Å². The molecule has 3 aromatic carbocycles. The van der Waals surface area contributed by atoms with Crippen molar-refractivity contribution in [1.29, 1.82) is 0 Å². The number of ether oxygens (including phenoxy) is 1. The van der Waals surface area contributed by atoms with E-state index in [4.69, 9.17) is 9.26 Å². The van der Waals surface area contributed by atoms with Crippen LogP contribution in [0.3, 0.4) is 0 Å². The largest absolute Gasteiger partial charge is 0.444 e. The quantitative estimate of drug-likeness (QED) is 0.201. The van der Waals surface area contributed by atoms with E-state index in [1.807, 2.05) is 86.6 Å². The zero-order chi connectivity index (χ0) is 27.2. The maximum atomic E-state index is 13.0. The molecule has 1 atom stereocenters.